The Labute approximate surface area is 134 Å². The fourth-order valence-corrected chi connectivity index (χ4v) is 3.01. The van der Waals surface area contributed by atoms with Gasteiger partial charge >= 0.3 is 6.09 Å². The first-order valence-corrected chi connectivity index (χ1v) is 7.82. The van der Waals surface area contributed by atoms with Crippen LogP contribution >= 0.6 is 0 Å². The Morgan fingerprint density at radius 1 is 1.26 bits per heavy atom. The van der Waals surface area contributed by atoms with Crippen molar-refractivity contribution >= 4 is 22.8 Å². The molecule has 5 nitrogen and oxygen atoms in total. The number of piperidine rings is 1. The molecule has 0 unspecified atom stereocenters. The standard InChI is InChI=1S/C17H20FN3O2/c18-17(7-10-19-16(22)23)8-11-21(12-9-17)15-6-5-13-3-1-2-4-14(13)20-15/h1-6,19H,7-12H2,(H,22,23). The van der Waals surface area contributed by atoms with E-state index in [0.717, 1.165) is 16.7 Å². The minimum atomic E-state index is -1.30. The molecule has 1 amide bonds. The molecule has 2 N–H and O–H groups in total. The first-order chi connectivity index (χ1) is 11.1. The number of nitrogens with one attached hydrogen (secondary N) is 1. The number of carbonyl (C=O) groups is 1. The third-order valence-electron chi connectivity index (χ3n) is 4.42. The van der Waals surface area contributed by atoms with Crippen LogP contribution in [0.5, 0.6) is 0 Å². The van der Waals surface area contributed by atoms with Crippen molar-refractivity contribution in [3.63, 3.8) is 0 Å². The number of pyridine rings is 1. The third kappa shape index (κ3) is 3.70. The first-order valence-electron chi connectivity index (χ1n) is 7.82. The summed E-state index contributed by atoms with van der Waals surface area (Å²) in [6.45, 7) is 1.34. The lowest BCUT2D eigenvalue weighted by Gasteiger charge is -2.37. The summed E-state index contributed by atoms with van der Waals surface area (Å²) >= 11 is 0. The Morgan fingerprint density at radius 2 is 2.00 bits per heavy atom. The van der Waals surface area contributed by atoms with Gasteiger partial charge in [-0.2, -0.15) is 0 Å². The number of anilines is 1. The molecule has 1 aromatic heterocycles. The van der Waals surface area contributed by atoms with Gasteiger partial charge in [-0.3, -0.25) is 0 Å². The zero-order valence-corrected chi connectivity index (χ0v) is 12.8. The van der Waals surface area contributed by atoms with Gasteiger partial charge in [0.1, 0.15) is 11.5 Å². The van der Waals surface area contributed by atoms with Gasteiger partial charge in [0.05, 0.1) is 5.52 Å². The summed E-state index contributed by atoms with van der Waals surface area (Å²) in [7, 11) is 0. The highest BCUT2D eigenvalue weighted by atomic mass is 19.1. The van der Waals surface area contributed by atoms with E-state index in [1.165, 1.54) is 0 Å². The summed E-state index contributed by atoms with van der Waals surface area (Å²) in [4.78, 5) is 17.2. The maximum absolute atomic E-state index is 14.7. The molecule has 3 rings (SSSR count). The highest BCUT2D eigenvalue weighted by Gasteiger charge is 2.34. The Bertz CT molecular complexity index is 699. The van der Waals surface area contributed by atoms with Crippen molar-refractivity contribution in [2.45, 2.75) is 24.9 Å². The quantitative estimate of drug-likeness (QED) is 0.909. The summed E-state index contributed by atoms with van der Waals surface area (Å²) in [6.07, 6.45) is -0.101. The number of hydrogen-bond donors (Lipinski definition) is 2. The van der Waals surface area contributed by atoms with Gasteiger partial charge in [-0.25, -0.2) is 14.2 Å². The molecule has 0 atom stereocenters. The Morgan fingerprint density at radius 3 is 2.74 bits per heavy atom. The second kappa shape index (κ2) is 6.40. The molecule has 122 valence electrons. The molecule has 1 fully saturated rings. The van der Waals surface area contributed by atoms with E-state index >= 15 is 0 Å². The molecule has 0 spiro atoms. The van der Waals surface area contributed by atoms with E-state index < -0.39 is 11.8 Å². The molecule has 0 aliphatic carbocycles. The lowest BCUT2D eigenvalue weighted by molar-refractivity contribution is 0.112. The number of fused-ring (bicyclic) bond motifs is 1. The van der Waals surface area contributed by atoms with Crippen LogP contribution < -0.4 is 10.2 Å². The Kier molecular flexibility index (Phi) is 4.32. The SMILES string of the molecule is O=C(O)NCCC1(F)CCN(c2ccc3ccccc3n2)CC1. The van der Waals surface area contributed by atoms with E-state index in [4.69, 9.17) is 5.11 Å². The van der Waals surface area contributed by atoms with Crippen molar-refractivity contribution in [1.29, 1.82) is 0 Å². The second-order valence-electron chi connectivity index (χ2n) is 5.98. The smallest absolute Gasteiger partial charge is 0.404 e. The predicted molar refractivity (Wildman–Crippen MR) is 87.7 cm³/mol. The first kappa shape index (κ1) is 15.5. The highest BCUT2D eigenvalue weighted by Crippen LogP contribution is 2.31. The van der Waals surface area contributed by atoms with Gasteiger partial charge in [0, 0.05) is 25.0 Å². The lowest BCUT2D eigenvalue weighted by atomic mass is 9.90. The Hall–Kier alpha value is -2.37. The largest absolute Gasteiger partial charge is 0.465 e. The minimum absolute atomic E-state index is 0.153. The molecular formula is C17H20FN3O2. The van der Waals surface area contributed by atoms with Crippen LogP contribution in [0.25, 0.3) is 10.9 Å². The number of alkyl halides is 1. The van der Waals surface area contributed by atoms with Crippen molar-refractivity contribution in [1.82, 2.24) is 10.3 Å². The molecule has 6 heteroatoms. The number of amides is 1. The van der Waals surface area contributed by atoms with Gasteiger partial charge in [0.15, 0.2) is 0 Å². The minimum Gasteiger partial charge on any atom is -0.465 e. The molecule has 23 heavy (non-hydrogen) atoms. The average Bonchev–Trinajstić information content (AvgIpc) is 2.54. The number of aromatic nitrogens is 1. The third-order valence-corrected chi connectivity index (χ3v) is 4.42. The van der Waals surface area contributed by atoms with Gasteiger partial charge in [-0.1, -0.05) is 18.2 Å². The van der Waals surface area contributed by atoms with E-state index in [0.29, 0.717) is 25.9 Å². The summed E-state index contributed by atoms with van der Waals surface area (Å²) < 4.78 is 14.7. The molecule has 1 aliphatic heterocycles. The number of hydrogen-bond acceptors (Lipinski definition) is 3. The van der Waals surface area contributed by atoms with Crippen LogP contribution in [0.2, 0.25) is 0 Å². The van der Waals surface area contributed by atoms with Crippen LogP contribution in [0.15, 0.2) is 36.4 Å². The normalized spacial score (nSPS) is 17.2. The maximum Gasteiger partial charge on any atom is 0.404 e. The van der Waals surface area contributed by atoms with E-state index in [1.807, 2.05) is 36.4 Å². The van der Waals surface area contributed by atoms with Crippen molar-refractivity contribution in [2.24, 2.45) is 0 Å². The van der Waals surface area contributed by atoms with E-state index in [-0.39, 0.29) is 13.0 Å². The fraction of sp³-hybridized carbons (Fsp3) is 0.412. The molecule has 0 bridgehead atoms. The molecule has 1 saturated heterocycles. The molecule has 2 heterocycles. The zero-order valence-electron chi connectivity index (χ0n) is 12.8. The van der Waals surface area contributed by atoms with Gasteiger partial charge in [-0.05, 0) is 37.5 Å². The highest BCUT2D eigenvalue weighted by molar-refractivity contribution is 5.80. The van der Waals surface area contributed by atoms with Crippen LogP contribution in [-0.4, -0.2) is 41.5 Å². The molecule has 2 aromatic rings. The lowest BCUT2D eigenvalue weighted by Crippen LogP contribution is -2.43. The number of nitrogens with zero attached hydrogens (tertiary/aromatic N) is 2. The van der Waals surface area contributed by atoms with Crippen LogP contribution in [0.1, 0.15) is 19.3 Å². The summed E-state index contributed by atoms with van der Waals surface area (Å²) in [6, 6.07) is 11.9. The van der Waals surface area contributed by atoms with Gasteiger partial charge in [0.2, 0.25) is 0 Å². The number of carboxylic acid groups (broad SMARTS) is 1. The zero-order chi connectivity index (χ0) is 16.3. The number of benzene rings is 1. The van der Waals surface area contributed by atoms with Crippen molar-refractivity contribution in [2.75, 3.05) is 24.5 Å². The number of para-hydroxylation sites is 1. The van der Waals surface area contributed by atoms with E-state index in [9.17, 15) is 9.18 Å². The molecule has 1 aliphatic rings. The summed E-state index contributed by atoms with van der Waals surface area (Å²) in [5, 5.41) is 11.9. The van der Waals surface area contributed by atoms with Crippen LogP contribution in [-0.2, 0) is 0 Å². The average molecular weight is 317 g/mol. The van der Waals surface area contributed by atoms with Crippen molar-refractivity contribution in [3.8, 4) is 0 Å². The van der Waals surface area contributed by atoms with Crippen molar-refractivity contribution < 1.29 is 14.3 Å². The van der Waals surface area contributed by atoms with Gasteiger partial charge in [0.25, 0.3) is 0 Å². The monoisotopic (exact) mass is 317 g/mol. The Balaban J connectivity index is 1.62. The molecular weight excluding hydrogens is 297 g/mol. The van der Waals surface area contributed by atoms with E-state index in [2.05, 4.69) is 15.2 Å². The predicted octanol–water partition coefficient (Wildman–Crippen LogP) is 3.20. The van der Waals surface area contributed by atoms with Crippen LogP contribution in [0.3, 0.4) is 0 Å². The van der Waals surface area contributed by atoms with Crippen LogP contribution in [0.4, 0.5) is 15.0 Å². The van der Waals surface area contributed by atoms with Crippen molar-refractivity contribution in [3.05, 3.63) is 36.4 Å². The van der Waals surface area contributed by atoms with Gasteiger partial charge in [-0.15, -0.1) is 0 Å². The van der Waals surface area contributed by atoms with Gasteiger partial charge < -0.3 is 15.3 Å². The van der Waals surface area contributed by atoms with E-state index in [1.54, 1.807) is 0 Å². The molecule has 0 radical (unpaired) electrons. The topological polar surface area (TPSA) is 65.5 Å². The molecule has 0 saturated carbocycles. The maximum atomic E-state index is 14.7. The molecule has 1 aromatic carbocycles. The number of halogens is 1. The summed E-state index contributed by atoms with van der Waals surface area (Å²) in [5.41, 5.74) is -0.358. The number of rotatable bonds is 4. The summed E-state index contributed by atoms with van der Waals surface area (Å²) in [5.74, 6) is 0.870. The fourth-order valence-electron chi connectivity index (χ4n) is 3.01. The van der Waals surface area contributed by atoms with Crippen LogP contribution in [0, 0.1) is 0 Å². The second-order valence-corrected chi connectivity index (χ2v) is 5.98.